The summed E-state index contributed by atoms with van der Waals surface area (Å²) in [5, 5.41) is 4.93. The van der Waals surface area contributed by atoms with E-state index in [1.807, 2.05) is 0 Å². The number of carbonyl (C=O) groups is 1. The largest absolute Gasteiger partial charge is 0.361 e. The number of amides is 1. The minimum atomic E-state index is -0.227. The smallest absolute Gasteiger partial charge is 0.299 e. The van der Waals surface area contributed by atoms with Crippen LogP contribution in [0.25, 0.3) is 0 Å². The van der Waals surface area contributed by atoms with Crippen molar-refractivity contribution in [2.45, 2.75) is 13.3 Å². The van der Waals surface area contributed by atoms with E-state index in [0.717, 1.165) is 6.42 Å². The molecule has 1 amide bonds. The summed E-state index contributed by atoms with van der Waals surface area (Å²) in [4.78, 5) is 16.6. The topological polar surface area (TPSA) is 55.6 Å². The van der Waals surface area contributed by atoms with Crippen LogP contribution in [-0.4, -0.2) is 29.3 Å². The molecule has 0 unspecified atom stereocenters. The molecule has 1 saturated heterocycles. The first kappa shape index (κ1) is 8.25. The number of hydrogen-bond donors (Lipinski definition) is 0. The van der Waals surface area contributed by atoms with Gasteiger partial charge in [-0.2, -0.15) is 0 Å². The van der Waals surface area contributed by atoms with Crippen molar-refractivity contribution in [3.63, 3.8) is 0 Å². The molecule has 0 aliphatic carbocycles. The summed E-state index contributed by atoms with van der Waals surface area (Å²) in [6.45, 7) is 2.97. The predicted octanol–water partition coefficient (Wildman–Crippen LogP) is 0.761. The van der Waals surface area contributed by atoms with Gasteiger partial charge in [-0.3, -0.25) is 9.63 Å². The van der Waals surface area contributed by atoms with E-state index >= 15 is 0 Å². The fourth-order valence-electron chi connectivity index (χ4n) is 1.20. The molecule has 0 radical (unpaired) electrons. The van der Waals surface area contributed by atoms with Crippen LogP contribution in [0.4, 0.5) is 0 Å². The van der Waals surface area contributed by atoms with Crippen LogP contribution >= 0.6 is 0 Å². The van der Waals surface area contributed by atoms with Crippen LogP contribution in [-0.2, 0) is 4.84 Å². The van der Waals surface area contributed by atoms with Gasteiger partial charge in [0, 0.05) is 6.07 Å². The highest BCUT2D eigenvalue weighted by molar-refractivity contribution is 5.91. The van der Waals surface area contributed by atoms with Gasteiger partial charge in [0.25, 0.3) is 5.91 Å². The number of rotatable bonds is 1. The lowest BCUT2D eigenvalue weighted by Crippen LogP contribution is -2.26. The standard InChI is InChI=1S/C8H10N2O3/c1-6-5-7(9-13-6)8(11)10-3-2-4-12-10/h5H,2-4H2,1H3. The molecular formula is C8H10N2O3. The van der Waals surface area contributed by atoms with Gasteiger partial charge in [0.2, 0.25) is 0 Å². The molecule has 0 saturated carbocycles. The maximum atomic E-state index is 11.5. The third-order valence-corrected chi connectivity index (χ3v) is 1.83. The van der Waals surface area contributed by atoms with Gasteiger partial charge >= 0.3 is 0 Å². The summed E-state index contributed by atoms with van der Waals surface area (Å²) >= 11 is 0. The van der Waals surface area contributed by atoms with Crippen LogP contribution in [0.2, 0.25) is 0 Å². The summed E-state index contributed by atoms with van der Waals surface area (Å²) < 4.78 is 4.79. The van der Waals surface area contributed by atoms with Crippen LogP contribution in [0, 0.1) is 6.92 Å². The zero-order chi connectivity index (χ0) is 9.26. The average molecular weight is 182 g/mol. The third-order valence-electron chi connectivity index (χ3n) is 1.83. The van der Waals surface area contributed by atoms with Crippen molar-refractivity contribution in [1.29, 1.82) is 0 Å². The molecule has 0 atom stereocenters. The number of carbonyl (C=O) groups excluding carboxylic acids is 1. The Morgan fingerprint density at radius 3 is 3.08 bits per heavy atom. The Labute approximate surface area is 75.2 Å². The Morgan fingerprint density at radius 1 is 1.69 bits per heavy atom. The van der Waals surface area contributed by atoms with Crippen LogP contribution in [0.3, 0.4) is 0 Å². The Hall–Kier alpha value is -1.36. The number of nitrogens with zero attached hydrogens (tertiary/aromatic N) is 2. The Kier molecular flexibility index (Phi) is 2.02. The van der Waals surface area contributed by atoms with Crippen molar-refractivity contribution < 1.29 is 14.2 Å². The van der Waals surface area contributed by atoms with Gasteiger partial charge in [0.15, 0.2) is 5.69 Å². The molecule has 0 aromatic carbocycles. The van der Waals surface area contributed by atoms with Gasteiger partial charge in [0.05, 0.1) is 13.2 Å². The van der Waals surface area contributed by atoms with E-state index in [4.69, 9.17) is 9.36 Å². The van der Waals surface area contributed by atoms with Crippen LogP contribution < -0.4 is 0 Å². The molecule has 0 bridgehead atoms. The minimum Gasteiger partial charge on any atom is -0.361 e. The molecule has 1 aliphatic rings. The lowest BCUT2D eigenvalue weighted by molar-refractivity contribution is -0.0773. The predicted molar refractivity (Wildman–Crippen MR) is 42.8 cm³/mol. The van der Waals surface area contributed by atoms with E-state index < -0.39 is 0 Å². The van der Waals surface area contributed by atoms with Crippen LogP contribution in [0.15, 0.2) is 10.6 Å². The first-order valence-corrected chi connectivity index (χ1v) is 4.15. The van der Waals surface area contributed by atoms with E-state index in [1.54, 1.807) is 13.0 Å². The molecular weight excluding hydrogens is 172 g/mol. The second kappa shape index (κ2) is 3.18. The SMILES string of the molecule is Cc1cc(C(=O)N2CCCO2)no1. The summed E-state index contributed by atoms with van der Waals surface area (Å²) in [5.41, 5.74) is 0.305. The normalized spacial score (nSPS) is 16.5. The molecule has 70 valence electrons. The van der Waals surface area contributed by atoms with Crippen molar-refractivity contribution in [2.24, 2.45) is 0 Å². The molecule has 13 heavy (non-hydrogen) atoms. The lowest BCUT2D eigenvalue weighted by atomic mass is 10.3. The van der Waals surface area contributed by atoms with Crippen molar-refractivity contribution in [3.8, 4) is 0 Å². The molecule has 0 spiro atoms. The van der Waals surface area contributed by atoms with Crippen LogP contribution in [0.5, 0.6) is 0 Å². The fraction of sp³-hybridized carbons (Fsp3) is 0.500. The van der Waals surface area contributed by atoms with Gasteiger partial charge in [-0.05, 0) is 13.3 Å². The van der Waals surface area contributed by atoms with Gasteiger partial charge in [-0.1, -0.05) is 5.16 Å². The lowest BCUT2D eigenvalue weighted by Gasteiger charge is -2.10. The summed E-state index contributed by atoms with van der Waals surface area (Å²) in [6, 6.07) is 1.60. The van der Waals surface area contributed by atoms with Gasteiger partial charge < -0.3 is 4.52 Å². The van der Waals surface area contributed by atoms with Crippen molar-refractivity contribution in [2.75, 3.05) is 13.2 Å². The summed E-state index contributed by atoms with van der Waals surface area (Å²) in [5.74, 6) is 0.400. The van der Waals surface area contributed by atoms with Crippen molar-refractivity contribution in [3.05, 3.63) is 17.5 Å². The highest BCUT2D eigenvalue weighted by Crippen LogP contribution is 2.10. The highest BCUT2D eigenvalue weighted by atomic mass is 16.7. The molecule has 2 rings (SSSR count). The molecule has 5 nitrogen and oxygen atoms in total. The van der Waals surface area contributed by atoms with E-state index in [2.05, 4.69) is 5.16 Å². The van der Waals surface area contributed by atoms with Crippen LogP contribution in [0.1, 0.15) is 22.7 Å². The zero-order valence-corrected chi connectivity index (χ0v) is 7.32. The van der Waals surface area contributed by atoms with Crippen molar-refractivity contribution >= 4 is 5.91 Å². The second-order valence-electron chi connectivity index (χ2n) is 2.92. The number of hydrogen-bond acceptors (Lipinski definition) is 4. The molecule has 1 aromatic heterocycles. The molecule has 5 heteroatoms. The van der Waals surface area contributed by atoms with E-state index in [1.165, 1.54) is 5.06 Å². The molecule has 1 fully saturated rings. The quantitative estimate of drug-likeness (QED) is 0.643. The second-order valence-corrected chi connectivity index (χ2v) is 2.92. The van der Waals surface area contributed by atoms with Gasteiger partial charge in [0.1, 0.15) is 5.76 Å². The first-order valence-electron chi connectivity index (χ1n) is 4.15. The van der Waals surface area contributed by atoms with Gasteiger partial charge in [-0.25, -0.2) is 5.06 Å². The fourth-order valence-corrected chi connectivity index (χ4v) is 1.20. The zero-order valence-electron chi connectivity index (χ0n) is 7.32. The number of aromatic nitrogens is 1. The molecule has 1 aliphatic heterocycles. The first-order chi connectivity index (χ1) is 6.27. The van der Waals surface area contributed by atoms with Gasteiger partial charge in [-0.15, -0.1) is 0 Å². The Morgan fingerprint density at radius 2 is 2.54 bits per heavy atom. The van der Waals surface area contributed by atoms with Crippen molar-refractivity contribution in [1.82, 2.24) is 10.2 Å². The molecule has 1 aromatic rings. The Bertz CT molecular complexity index is 315. The monoisotopic (exact) mass is 182 g/mol. The highest BCUT2D eigenvalue weighted by Gasteiger charge is 2.23. The Balaban J connectivity index is 2.12. The minimum absolute atomic E-state index is 0.227. The van der Waals surface area contributed by atoms with E-state index in [-0.39, 0.29) is 5.91 Å². The maximum absolute atomic E-state index is 11.5. The summed E-state index contributed by atoms with van der Waals surface area (Å²) in [7, 11) is 0. The molecule has 2 heterocycles. The average Bonchev–Trinajstić information content (AvgIpc) is 2.72. The summed E-state index contributed by atoms with van der Waals surface area (Å²) in [6.07, 6.45) is 0.878. The van der Waals surface area contributed by atoms with E-state index in [9.17, 15) is 4.79 Å². The maximum Gasteiger partial charge on any atom is 0.299 e. The number of hydroxylamine groups is 2. The van der Waals surface area contributed by atoms with E-state index in [0.29, 0.717) is 24.6 Å². The number of aryl methyl sites for hydroxylation is 1. The molecule has 0 N–H and O–H groups in total. The third kappa shape index (κ3) is 1.55.